The first kappa shape index (κ1) is 29.7. The predicted molar refractivity (Wildman–Crippen MR) is 134 cm³/mol. The number of nitrogens with two attached hydrogens (primary N) is 2. The Bertz CT molecular complexity index is 423. The van der Waals surface area contributed by atoms with Crippen molar-refractivity contribution in [2.24, 2.45) is 22.4 Å². The fourth-order valence-corrected chi connectivity index (χ4v) is 4.23. The Hall–Kier alpha value is -1.26. The van der Waals surface area contributed by atoms with Crippen molar-refractivity contribution in [1.29, 1.82) is 0 Å². The van der Waals surface area contributed by atoms with Crippen molar-refractivity contribution in [3.8, 4) is 0 Å². The number of carbonyl (C=O) groups is 1. The Balaban J connectivity index is 3.34. The maximum atomic E-state index is 11.4. The molecule has 0 unspecified atom stereocenters. The molecule has 0 spiro atoms. The number of carboxylic acids is 1. The summed E-state index contributed by atoms with van der Waals surface area (Å²) in [6.45, 7) is 2.80. The minimum Gasteiger partial charge on any atom is -0.481 e. The highest BCUT2D eigenvalue weighted by molar-refractivity contribution is 5.75. The molecule has 0 aliphatic rings. The second-order valence-corrected chi connectivity index (χ2v) is 9.28. The molecule has 0 saturated heterocycles. The van der Waals surface area contributed by atoms with Crippen LogP contribution in [-0.4, -0.2) is 23.6 Å². The summed E-state index contributed by atoms with van der Waals surface area (Å²) in [5.41, 5.74) is 10.6. The Morgan fingerprint density at radius 2 is 1.00 bits per heavy atom. The molecule has 0 radical (unpaired) electrons. The monoisotopic (exact) mass is 439 g/mol. The standard InChI is InChI=1S/C26H53N3O2/c1-2-3-4-5-6-7-8-9-10-11-12-13-14-15-16-17-18-19-21-24(25(30)31)22-20-23-29-26(27)28/h24H,2-23H2,1H3,(H,30,31)(H4,27,28,29)/t24-/m0/s1. The van der Waals surface area contributed by atoms with E-state index in [4.69, 9.17) is 11.5 Å². The molecule has 0 aliphatic heterocycles. The zero-order valence-electron chi connectivity index (χ0n) is 20.6. The summed E-state index contributed by atoms with van der Waals surface area (Å²) in [4.78, 5) is 15.3. The van der Waals surface area contributed by atoms with Crippen LogP contribution in [0, 0.1) is 5.92 Å². The maximum absolute atomic E-state index is 11.4. The average molecular weight is 440 g/mol. The maximum Gasteiger partial charge on any atom is 0.306 e. The molecule has 0 aliphatic carbocycles. The Kier molecular flexibility index (Phi) is 22.5. The number of guanidine groups is 1. The molecule has 5 N–H and O–H groups in total. The lowest BCUT2D eigenvalue weighted by Gasteiger charge is -2.11. The summed E-state index contributed by atoms with van der Waals surface area (Å²) in [7, 11) is 0. The summed E-state index contributed by atoms with van der Waals surface area (Å²) >= 11 is 0. The molecule has 0 fully saturated rings. The van der Waals surface area contributed by atoms with Crippen LogP contribution in [0.3, 0.4) is 0 Å². The first-order valence-electron chi connectivity index (χ1n) is 13.4. The first-order chi connectivity index (χ1) is 15.1. The molecule has 0 amide bonds. The summed E-state index contributed by atoms with van der Waals surface area (Å²) in [6.07, 6.45) is 26.5. The van der Waals surface area contributed by atoms with E-state index in [9.17, 15) is 9.90 Å². The fraction of sp³-hybridized carbons (Fsp3) is 0.923. The average Bonchev–Trinajstić information content (AvgIpc) is 2.73. The number of hydrogen-bond acceptors (Lipinski definition) is 2. The lowest BCUT2D eigenvalue weighted by atomic mass is 9.95. The summed E-state index contributed by atoms with van der Waals surface area (Å²) in [5, 5.41) is 9.34. The van der Waals surface area contributed by atoms with Crippen molar-refractivity contribution in [1.82, 2.24) is 0 Å². The molecule has 31 heavy (non-hydrogen) atoms. The molecule has 0 saturated carbocycles. The number of unbranched alkanes of at least 4 members (excludes halogenated alkanes) is 17. The van der Waals surface area contributed by atoms with Gasteiger partial charge in [0.15, 0.2) is 5.96 Å². The quantitative estimate of drug-likeness (QED) is 0.0842. The number of nitrogens with zero attached hydrogens (tertiary/aromatic N) is 1. The number of aliphatic imine (C=N–C) groups is 1. The van der Waals surface area contributed by atoms with Crippen LogP contribution in [0.15, 0.2) is 4.99 Å². The van der Waals surface area contributed by atoms with Crippen molar-refractivity contribution in [2.45, 2.75) is 142 Å². The van der Waals surface area contributed by atoms with Gasteiger partial charge in [0.1, 0.15) is 0 Å². The van der Waals surface area contributed by atoms with Crippen molar-refractivity contribution < 1.29 is 9.90 Å². The van der Waals surface area contributed by atoms with Crippen LogP contribution < -0.4 is 11.5 Å². The van der Waals surface area contributed by atoms with Crippen molar-refractivity contribution in [3.63, 3.8) is 0 Å². The normalized spacial score (nSPS) is 12.0. The van der Waals surface area contributed by atoms with Gasteiger partial charge >= 0.3 is 5.97 Å². The van der Waals surface area contributed by atoms with Gasteiger partial charge in [0, 0.05) is 6.54 Å². The second-order valence-electron chi connectivity index (χ2n) is 9.28. The molecule has 184 valence electrons. The number of rotatable bonds is 24. The molecule has 0 bridgehead atoms. The van der Waals surface area contributed by atoms with E-state index in [1.54, 1.807) is 0 Å². The summed E-state index contributed by atoms with van der Waals surface area (Å²) in [6, 6.07) is 0. The minimum atomic E-state index is -0.684. The topological polar surface area (TPSA) is 102 Å². The molecular weight excluding hydrogens is 386 g/mol. The molecule has 0 aromatic rings. The van der Waals surface area contributed by atoms with Crippen LogP contribution in [-0.2, 0) is 4.79 Å². The highest BCUT2D eigenvalue weighted by Crippen LogP contribution is 2.18. The SMILES string of the molecule is CCCCCCCCCCCCCCCCCCCC[C@@H](CCCN=C(N)N)C(=O)O. The number of hydrogen-bond donors (Lipinski definition) is 3. The zero-order chi connectivity index (χ0) is 23.0. The van der Waals surface area contributed by atoms with Crippen LogP contribution >= 0.6 is 0 Å². The van der Waals surface area contributed by atoms with Crippen molar-refractivity contribution >= 4 is 11.9 Å². The summed E-state index contributed by atoms with van der Waals surface area (Å²) in [5.74, 6) is -0.859. The van der Waals surface area contributed by atoms with E-state index in [-0.39, 0.29) is 11.9 Å². The van der Waals surface area contributed by atoms with Crippen LogP contribution in [0.5, 0.6) is 0 Å². The van der Waals surface area contributed by atoms with Crippen LogP contribution in [0.2, 0.25) is 0 Å². The molecule has 5 heteroatoms. The molecule has 0 heterocycles. The van der Waals surface area contributed by atoms with Gasteiger partial charge in [0.05, 0.1) is 5.92 Å². The summed E-state index contributed by atoms with van der Waals surface area (Å²) < 4.78 is 0. The van der Waals surface area contributed by atoms with Crippen molar-refractivity contribution in [2.75, 3.05) is 6.54 Å². The lowest BCUT2D eigenvalue weighted by Crippen LogP contribution is -2.23. The van der Waals surface area contributed by atoms with Gasteiger partial charge in [-0.3, -0.25) is 9.79 Å². The van der Waals surface area contributed by atoms with E-state index in [2.05, 4.69) is 11.9 Å². The third-order valence-electron chi connectivity index (χ3n) is 6.26. The first-order valence-corrected chi connectivity index (χ1v) is 13.4. The third kappa shape index (κ3) is 23.2. The molecule has 1 atom stereocenters. The van der Waals surface area contributed by atoms with E-state index >= 15 is 0 Å². The second kappa shape index (κ2) is 23.4. The van der Waals surface area contributed by atoms with E-state index in [1.807, 2.05) is 0 Å². The van der Waals surface area contributed by atoms with Gasteiger partial charge in [-0.15, -0.1) is 0 Å². The van der Waals surface area contributed by atoms with Gasteiger partial charge in [-0.2, -0.15) is 0 Å². The molecule has 0 rings (SSSR count). The molecular formula is C26H53N3O2. The molecule has 0 aromatic carbocycles. The number of aliphatic carboxylic acids is 1. The molecule has 0 aromatic heterocycles. The third-order valence-corrected chi connectivity index (χ3v) is 6.26. The lowest BCUT2D eigenvalue weighted by molar-refractivity contribution is -0.142. The van der Waals surface area contributed by atoms with Gasteiger partial charge in [-0.05, 0) is 19.3 Å². The van der Waals surface area contributed by atoms with Crippen LogP contribution in [0.4, 0.5) is 0 Å². The van der Waals surface area contributed by atoms with E-state index in [0.717, 1.165) is 25.7 Å². The fourth-order valence-electron chi connectivity index (χ4n) is 4.23. The van der Waals surface area contributed by atoms with Crippen LogP contribution in [0.1, 0.15) is 142 Å². The van der Waals surface area contributed by atoms with Gasteiger partial charge in [-0.25, -0.2) is 0 Å². The van der Waals surface area contributed by atoms with Gasteiger partial charge in [0.25, 0.3) is 0 Å². The van der Waals surface area contributed by atoms with Gasteiger partial charge < -0.3 is 16.6 Å². The highest BCUT2D eigenvalue weighted by Gasteiger charge is 2.16. The Labute approximate surface area is 192 Å². The van der Waals surface area contributed by atoms with Crippen LogP contribution in [0.25, 0.3) is 0 Å². The highest BCUT2D eigenvalue weighted by atomic mass is 16.4. The van der Waals surface area contributed by atoms with E-state index in [0.29, 0.717) is 13.0 Å². The number of carboxylic acid groups (broad SMARTS) is 1. The Morgan fingerprint density at radius 1 is 0.645 bits per heavy atom. The van der Waals surface area contributed by atoms with Crippen molar-refractivity contribution in [3.05, 3.63) is 0 Å². The van der Waals surface area contributed by atoms with E-state index in [1.165, 1.54) is 103 Å². The predicted octanol–water partition coefficient (Wildman–Crippen LogP) is 7.17. The van der Waals surface area contributed by atoms with Gasteiger partial charge in [-0.1, -0.05) is 122 Å². The largest absolute Gasteiger partial charge is 0.481 e. The zero-order valence-corrected chi connectivity index (χ0v) is 20.6. The van der Waals surface area contributed by atoms with E-state index < -0.39 is 5.97 Å². The van der Waals surface area contributed by atoms with Gasteiger partial charge in [0.2, 0.25) is 0 Å². The smallest absolute Gasteiger partial charge is 0.306 e. The molecule has 5 nitrogen and oxygen atoms in total. The Morgan fingerprint density at radius 3 is 1.35 bits per heavy atom. The minimum absolute atomic E-state index is 0.0790.